The van der Waals surface area contributed by atoms with Crippen molar-refractivity contribution in [2.75, 3.05) is 20.3 Å². The number of hydrogen-bond donors (Lipinski definition) is 0. The molecule has 7 heteroatoms. The second kappa shape index (κ2) is 6.87. The molecule has 0 radical (unpaired) electrons. The topological polar surface area (TPSA) is 48.0 Å². The number of fused-ring (bicyclic) bond motifs is 2. The summed E-state index contributed by atoms with van der Waals surface area (Å²) in [7, 11) is 1.41. The number of rotatable bonds is 2. The van der Waals surface area contributed by atoms with E-state index in [0.29, 0.717) is 25.2 Å². The third kappa shape index (κ3) is 3.67. The molecule has 2 aliphatic heterocycles. The molecular weight excluding hydrogens is 344 g/mol. The molecule has 2 unspecified atom stereocenters. The molecule has 3 rings (SSSR count). The van der Waals surface area contributed by atoms with Gasteiger partial charge in [-0.05, 0) is 38.8 Å². The molecule has 142 valence electrons. The first kappa shape index (κ1) is 18.6. The Bertz CT molecular complexity index is 742. The molecule has 1 aromatic carbocycles. The van der Waals surface area contributed by atoms with Gasteiger partial charge in [0.25, 0.3) is 0 Å². The number of methoxy groups -OCH3 is 1. The number of halogens is 2. The van der Waals surface area contributed by atoms with E-state index >= 15 is 0 Å². The molecule has 0 saturated carbocycles. The van der Waals surface area contributed by atoms with Gasteiger partial charge in [-0.2, -0.15) is 0 Å². The van der Waals surface area contributed by atoms with Crippen molar-refractivity contribution >= 4 is 11.7 Å². The predicted molar refractivity (Wildman–Crippen MR) is 92.0 cm³/mol. The van der Waals surface area contributed by atoms with Crippen molar-refractivity contribution in [1.29, 1.82) is 0 Å². The quantitative estimate of drug-likeness (QED) is 0.799. The number of hydrogen-bond acceptors (Lipinski definition) is 4. The molecule has 0 aromatic heterocycles. The minimum atomic E-state index is -0.957. The third-order valence-corrected chi connectivity index (χ3v) is 4.39. The largest absolute Gasteiger partial charge is 0.496 e. The Kier molecular flexibility index (Phi) is 4.92. The molecule has 26 heavy (non-hydrogen) atoms. The van der Waals surface area contributed by atoms with Crippen molar-refractivity contribution < 1.29 is 27.8 Å². The maximum atomic E-state index is 13.8. The molecule has 5 nitrogen and oxygen atoms in total. The molecule has 1 aromatic rings. The minimum Gasteiger partial charge on any atom is -0.496 e. The van der Waals surface area contributed by atoms with Gasteiger partial charge >= 0.3 is 6.09 Å². The first-order chi connectivity index (χ1) is 12.2. The van der Waals surface area contributed by atoms with Crippen LogP contribution in [0, 0.1) is 11.6 Å². The zero-order chi connectivity index (χ0) is 19.1. The van der Waals surface area contributed by atoms with Crippen LogP contribution in [-0.2, 0) is 9.47 Å². The summed E-state index contributed by atoms with van der Waals surface area (Å²) in [6.45, 7) is 6.13. The number of carbonyl (C=O) groups excluding carboxylic acids is 1. The smallest absolute Gasteiger partial charge is 0.411 e. The number of nitrogens with zero attached hydrogens (tertiary/aromatic N) is 1. The van der Waals surface area contributed by atoms with Crippen LogP contribution in [0.2, 0.25) is 0 Å². The summed E-state index contributed by atoms with van der Waals surface area (Å²) < 4.78 is 43.6. The second-order valence-corrected chi connectivity index (χ2v) is 7.51. The first-order valence-electron chi connectivity index (χ1n) is 8.53. The van der Waals surface area contributed by atoms with Crippen LogP contribution in [0.25, 0.3) is 5.57 Å². The zero-order valence-corrected chi connectivity index (χ0v) is 15.3. The molecule has 1 saturated heterocycles. The van der Waals surface area contributed by atoms with Crippen molar-refractivity contribution in [3.8, 4) is 5.75 Å². The van der Waals surface area contributed by atoms with E-state index in [1.54, 1.807) is 4.90 Å². The Morgan fingerprint density at radius 2 is 1.92 bits per heavy atom. The second-order valence-electron chi connectivity index (χ2n) is 7.51. The third-order valence-electron chi connectivity index (χ3n) is 4.39. The highest BCUT2D eigenvalue weighted by Crippen LogP contribution is 2.37. The van der Waals surface area contributed by atoms with Crippen LogP contribution in [0.1, 0.15) is 32.8 Å². The average Bonchev–Trinajstić information content (AvgIpc) is 2.54. The summed E-state index contributed by atoms with van der Waals surface area (Å²) in [5.41, 5.74) is 0.700. The van der Waals surface area contributed by atoms with E-state index in [0.717, 1.165) is 17.7 Å². The summed E-state index contributed by atoms with van der Waals surface area (Å²) in [6, 6.07) is 1.61. The van der Waals surface area contributed by atoms with Crippen molar-refractivity contribution in [2.45, 2.75) is 44.9 Å². The Morgan fingerprint density at radius 3 is 2.54 bits per heavy atom. The van der Waals surface area contributed by atoms with Crippen LogP contribution < -0.4 is 4.74 Å². The Labute approximate surface area is 151 Å². The molecular formula is C19H23F2NO4. The fraction of sp³-hybridized carbons (Fsp3) is 0.526. The Balaban J connectivity index is 1.94. The lowest BCUT2D eigenvalue weighted by Gasteiger charge is -2.44. The standard InChI is InChI=1S/C19H23F2NO4/c1-19(2,3)26-18(23)22-12-5-11(6-13(22)10-25-9-12)14-7-15(20)16(21)8-17(14)24-4/h5,7-8,12-13H,6,9-10H2,1-4H3. The van der Waals surface area contributed by atoms with E-state index in [4.69, 9.17) is 14.2 Å². The fourth-order valence-electron chi connectivity index (χ4n) is 3.34. The van der Waals surface area contributed by atoms with Crippen molar-refractivity contribution in [2.24, 2.45) is 0 Å². The molecule has 2 aliphatic rings. The van der Waals surface area contributed by atoms with E-state index in [2.05, 4.69) is 0 Å². The maximum Gasteiger partial charge on any atom is 0.411 e. The summed E-state index contributed by atoms with van der Waals surface area (Å²) >= 11 is 0. The van der Waals surface area contributed by atoms with E-state index < -0.39 is 23.3 Å². The summed E-state index contributed by atoms with van der Waals surface area (Å²) in [4.78, 5) is 14.2. The molecule has 0 spiro atoms. The SMILES string of the molecule is COc1cc(F)c(F)cc1C1=CC2COCC(C1)N2C(=O)OC(C)(C)C. The van der Waals surface area contributed by atoms with E-state index in [-0.39, 0.29) is 17.8 Å². The van der Waals surface area contributed by atoms with Crippen LogP contribution in [0.15, 0.2) is 18.2 Å². The summed E-state index contributed by atoms with van der Waals surface area (Å²) in [6.07, 6.45) is 1.88. The Hall–Kier alpha value is -2.15. The van der Waals surface area contributed by atoms with E-state index in [1.807, 2.05) is 26.8 Å². The van der Waals surface area contributed by atoms with Crippen LogP contribution in [0.4, 0.5) is 13.6 Å². The Morgan fingerprint density at radius 1 is 1.23 bits per heavy atom. The average molecular weight is 367 g/mol. The molecule has 0 N–H and O–H groups in total. The predicted octanol–water partition coefficient (Wildman–Crippen LogP) is 3.77. The van der Waals surface area contributed by atoms with Crippen LogP contribution in [0.5, 0.6) is 5.75 Å². The number of benzene rings is 1. The normalized spacial score (nSPS) is 22.7. The summed E-state index contributed by atoms with van der Waals surface area (Å²) in [5.74, 6) is -1.63. The van der Waals surface area contributed by atoms with Gasteiger partial charge < -0.3 is 14.2 Å². The molecule has 0 aliphatic carbocycles. The highest BCUT2D eigenvalue weighted by atomic mass is 19.2. The zero-order valence-electron chi connectivity index (χ0n) is 15.3. The number of morpholine rings is 1. The first-order valence-corrected chi connectivity index (χ1v) is 8.53. The molecule has 2 bridgehead atoms. The van der Waals surface area contributed by atoms with Gasteiger partial charge in [-0.25, -0.2) is 13.6 Å². The molecule has 1 fully saturated rings. The molecule has 2 heterocycles. The maximum absolute atomic E-state index is 13.8. The number of amides is 1. The van der Waals surface area contributed by atoms with Gasteiger partial charge in [0.15, 0.2) is 11.6 Å². The van der Waals surface area contributed by atoms with E-state index in [1.165, 1.54) is 7.11 Å². The van der Waals surface area contributed by atoms with Gasteiger partial charge in [-0.3, -0.25) is 4.90 Å². The van der Waals surface area contributed by atoms with Gasteiger partial charge in [-0.15, -0.1) is 0 Å². The van der Waals surface area contributed by atoms with Gasteiger partial charge in [-0.1, -0.05) is 6.08 Å². The number of ether oxygens (including phenoxy) is 3. The highest BCUT2D eigenvalue weighted by molar-refractivity contribution is 5.76. The lowest BCUT2D eigenvalue weighted by Crippen LogP contribution is -2.57. The summed E-state index contributed by atoms with van der Waals surface area (Å²) in [5, 5.41) is 0. The highest BCUT2D eigenvalue weighted by Gasteiger charge is 2.40. The van der Waals surface area contributed by atoms with E-state index in [9.17, 15) is 13.6 Å². The van der Waals surface area contributed by atoms with Gasteiger partial charge in [0.1, 0.15) is 11.4 Å². The van der Waals surface area contributed by atoms with Crippen molar-refractivity contribution in [3.63, 3.8) is 0 Å². The van der Waals surface area contributed by atoms with Crippen LogP contribution in [0.3, 0.4) is 0 Å². The van der Waals surface area contributed by atoms with Crippen molar-refractivity contribution in [3.05, 3.63) is 35.4 Å². The van der Waals surface area contributed by atoms with Gasteiger partial charge in [0, 0.05) is 11.6 Å². The lowest BCUT2D eigenvalue weighted by molar-refractivity contribution is -0.0510. The van der Waals surface area contributed by atoms with Crippen LogP contribution >= 0.6 is 0 Å². The van der Waals surface area contributed by atoms with Crippen LogP contribution in [-0.4, -0.2) is 49.0 Å². The van der Waals surface area contributed by atoms with Gasteiger partial charge in [0.2, 0.25) is 0 Å². The molecule has 1 amide bonds. The lowest BCUT2D eigenvalue weighted by atomic mass is 9.89. The van der Waals surface area contributed by atoms with Crippen molar-refractivity contribution in [1.82, 2.24) is 4.90 Å². The number of carbonyl (C=O) groups is 1. The van der Waals surface area contributed by atoms with Gasteiger partial charge in [0.05, 0.1) is 32.4 Å². The fourth-order valence-corrected chi connectivity index (χ4v) is 3.34. The molecule has 2 atom stereocenters. The monoisotopic (exact) mass is 367 g/mol. The minimum absolute atomic E-state index is 0.235.